The minimum absolute atomic E-state index is 0.0670. The van der Waals surface area contributed by atoms with Gasteiger partial charge in [0.1, 0.15) is 110 Å². The van der Waals surface area contributed by atoms with Gasteiger partial charge in [0, 0.05) is 56.9 Å². The molecular formula is C66H88O28. The monoisotopic (exact) mass is 1330 g/mol. The Labute approximate surface area is 545 Å². The first-order valence-corrected chi connectivity index (χ1v) is 30.8. The van der Waals surface area contributed by atoms with Gasteiger partial charge in [-0.15, -0.1) is 0 Å². The Balaban J connectivity index is 1.00. The Morgan fingerprint density at radius 2 is 0.670 bits per heavy atom. The van der Waals surface area contributed by atoms with Gasteiger partial charge in [-0.1, -0.05) is 121 Å². The predicted octanol–water partition coefficient (Wildman–Crippen LogP) is 2.39. The number of aliphatic carboxylic acids is 2. The zero-order valence-corrected chi connectivity index (χ0v) is 53.6. The van der Waals surface area contributed by atoms with Crippen molar-refractivity contribution in [2.45, 2.75) is 180 Å². The van der Waals surface area contributed by atoms with Crippen LogP contribution in [0.15, 0.2) is 121 Å². The SMILES string of the molecule is COC1OC(COCc2ccccc2)C(OC2OC(C(=O)O)C(OC3OC(CO)C(OC4OC(C(=O)O)C(OC5OC(CO)C(OC)C(OC)C5OC)C(OC)C4OC)C(O)C3OCc3ccccc3)C(OC)C2OC)C(OCc2ccccc2)C1OCc1ccccc1. The molecule has 0 amide bonds. The molecule has 4 aromatic carbocycles. The summed E-state index contributed by atoms with van der Waals surface area (Å²) in [4.78, 5) is 27.1. The van der Waals surface area contributed by atoms with Crippen molar-refractivity contribution in [3.63, 3.8) is 0 Å². The molecule has 0 aliphatic carbocycles. The molecule has 4 aromatic rings. The molecule has 28 nitrogen and oxygen atoms in total. The summed E-state index contributed by atoms with van der Waals surface area (Å²) in [6.45, 7) is -1.33. The van der Waals surface area contributed by atoms with Crippen molar-refractivity contribution in [2.75, 3.05) is 76.7 Å². The fraction of sp³-hybridized carbons (Fsp3) is 0.606. The maximum absolute atomic E-state index is 13.8. The molecule has 5 fully saturated rings. The lowest BCUT2D eigenvalue weighted by atomic mass is 9.94. The third-order valence-corrected chi connectivity index (χ3v) is 17.2. The smallest absolute Gasteiger partial charge is 0.335 e. The van der Waals surface area contributed by atoms with E-state index in [1.165, 1.54) is 56.9 Å². The van der Waals surface area contributed by atoms with Gasteiger partial charge in [0.15, 0.2) is 43.7 Å². The standard InChI is InChI=1S/C66H88O28/c1-74-45-41(30-68)87-64(56(78-5)48(45)75-2)92-53-50(77-4)57(79-6)65(93-55(53)61(72)73)89-44-40(29-67)86-63(47(43(44)69)83-32-37-23-15-10-16-24-37)91-52-49(76-3)58(80-7)66(94-54(52)60(70)71)90-46-42(35-82-31-36-21-13-9-14-22-36)88-62(81-8)59(85-34-39-27-19-12-20-28-39)51(46)84-33-38-25-17-11-18-26-38/h9-28,40-59,62-69H,29-35H2,1-8H3,(H,70,71)(H,72,73). The third kappa shape index (κ3) is 17.4. The minimum Gasteiger partial charge on any atom is -0.479 e. The van der Waals surface area contributed by atoms with E-state index in [0.717, 1.165) is 16.7 Å². The summed E-state index contributed by atoms with van der Waals surface area (Å²) >= 11 is 0. The Hall–Kier alpha value is -5.14. The molecule has 5 aliphatic rings. The van der Waals surface area contributed by atoms with E-state index in [0.29, 0.717) is 5.56 Å². The molecular weight excluding hydrogens is 1240 g/mol. The largest absolute Gasteiger partial charge is 0.479 e. The van der Waals surface area contributed by atoms with Crippen LogP contribution in [0.3, 0.4) is 0 Å². The van der Waals surface area contributed by atoms with Crippen LogP contribution in [0.1, 0.15) is 22.3 Å². The topological polar surface area (TPSA) is 329 Å². The van der Waals surface area contributed by atoms with Gasteiger partial charge in [-0.2, -0.15) is 0 Å². The molecule has 25 unspecified atom stereocenters. The van der Waals surface area contributed by atoms with Crippen LogP contribution in [0.4, 0.5) is 0 Å². The van der Waals surface area contributed by atoms with Crippen molar-refractivity contribution in [1.82, 2.24) is 0 Å². The van der Waals surface area contributed by atoms with E-state index in [1.807, 2.05) is 91.0 Å². The van der Waals surface area contributed by atoms with E-state index in [9.17, 15) is 35.1 Å². The van der Waals surface area contributed by atoms with Crippen LogP contribution in [0.2, 0.25) is 0 Å². The quantitative estimate of drug-likeness (QED) is 0.0457. The number of carboxylic acid groups (broad SMARTS) is 2. The number of hydrogen-bond acceptors (Lipinski definition) is 26. The lowest BCUT2D eigenvalue weighted by Crippen LogP contribution is -2.69. The zero-order chi connectivity index (χ0) is 66.8. The van der Waals surface area contributed by atoms with Gasteiger partial charge < -0.3 is 125 Å². The van der Waals surface area contributed by atoms with E-state index in [-0.39, 0.29) is 33.0 Å². The van der Waals surface area contributed by atoms with Gasteiger partial charge in [0.05, 0.1) is 46.2 Å². The fourth-order valence-electron chi connectivity index (χ4n) is 12.5. The summed E-state index contributed by atoms with van der Waals surface area (Å²) in [7, 11) is 10.8. The highest BCUT2D eigenvalue weighted by molar-refractivity contribution is 5.74. The Bertz CT molecular complexity index is 2840. The molecule has 25 atom stereocenters. The van der Waals surface area contributed by atoms with Gasteiger partial charge >= 0.3 is 11.9 Å². The highest BCUT2D eigenvalue weighted by Gasteiger charge is 2.60. The number of aliphatic hydroxyl groups excluding tert-OH is 3. The normalized spacial score (nSPS) is 36.2. The molecule has 0 bridgehead atoms. The van der Waals surface area contributed by atoms with Crippen molar-refractivity contribution in [1.29, 1.82) is 0 Å². The summed E-state index contributed by atoms with van der Waals surface area (Å²) in [6, 6.07) is 37.2. The molecule has 0 saturated carbocycles. The van der Waals surface area contributed by atoms with Crippen LogP contribution in [0.5, 0.6) is 0 Å². The number of methoxy groups -OCH3 is 8. The molecule has 0 spiro atoms. The Kier molecular flexibility index (Phi) is 27.9. The predicted molar refractivity (Wildman–Crippen MR) is 322 cm³/mol. The number of rotatable bonds is 33. The van der Waals surface area contributed by atoms with E-state index in [4.69, 9.17) is 99.5 Å². The Morgan fingerprint density at radius 1 is 0.340 bits per heavy atom. The lowest BCUT2D eigenvalue weighted by molar-refractivity contribution is -0.395. The number of benzene rings is 4. The highest BCUT2D eigenvalue weighted by Crippen LogP contribution is 2.40. The number of hydrogen-bond donors (Lipinski definition) is 5. The summed E-state index contributed by atoms with van der Waals surface area (Å²) in [5.74, 6) is -3.09. The first-order chi connectivity index (χ1) is 45.8. The number of aliphatic hydroxyl groups is 3. The Morgan fingerprint density at radius 3 is 1.06 bits per heavy atom. The average Bonchev–Trinajstić information content (AvgIpc) is 0.784. The first-order valence-electron chi connectivity index (χ1n) is 30.8. The molecule has 28 heteroatoms. The van der Waals surface area contributed by atoms with Crippen LogP contribution < -0.4 is 0 Å². The van der Waals surface area contributed by atoms with E-state index >= 15 is 0 Å². The van der Waals surface area contributed by atoms with Crippen LogP contribution in [0.25, 0.3) is 0 Å². The number of carboxylic acids is 2. The van der Waals surface area contributed by atoms with E-state index in [1.54, 1.807) is 30.3 Å². The number of carbonyl (C=O) groups is 2. The summed E-state index contributed by atoms with van der Waals surface area (Å²) in [6.07, 6.45) is -34.6. The third-order valence-electron chi connectivity index (χ3n) is 17.2. The molecule has 5 saturated heterocycles. The minimum atomic E-state index is -1.96. The number of ether oxygens (including phenoxy) is 21. The zero-order valence-electron chi connectivity index (χ0n) is 53.6. The molecule has 9 rings (SSSR count). The highest BCUT2D eigenvalue weighted by atomic mass is 16.8. The molecule has 5 aliphatic heterocycles. The lowest BCUT2D eigenvalue weighted by Gasteiger charge is -2.51. The average molecular weight is 1330 g/mol. The maximum atomic E-state index is 13.8. The van der Waals surface area contributed by atoms with Crippen molar-refractivity contribution in [3.8, 4) is 0 Å². The van der Waals surface area contributed by atoms with Crippen LogP contribution in [0, 0.1) is 0 Å². The second-order valence-electron chi connectivity index (χ2n) is 22.8. The second kappa shape index (κ2) is 35.9. The maximum Gasteiger partial charge on any atom is 0.335 e. The van der Waals surface area contributed by atoms with Crippen LogP contribution >= 0.6 is 0 Å². The van der Waals surface area contributed by atoms with Crippen molar-refractivity contribution in [3.05, 3.63) is 144 Å². The van der Waals surface area contributed by atoms with Gasteiger partial charge in [-0.25, -0.2) is 9.59 Å². The molecule has 520 valence electrons. The van der Waals surface area contributed by atoms with Crippen molar-refractivity contribution >= 4 is 11.9 Å². The molecule has 5 N–H and O–H groups in total. The van der Waals surface area contributed by atoms with Gasteiger partial charge in [0.2, 0.25) is 0 Å². The van der Waals surface area contributed by atoms with E-state index in [2.05, 4.69) is 0 Å². The summed E-state index contributed by atoms with van der Waals surface area (Å²) in [5.41, 5.74) is 3.17. The second-order valence-corrected chi connectivity index (χ2v) is 22.8. The van der Waals surface area contributed by atoms with Crippen LogP contribution in [-0.4, -0.2) is 268 Å². The van der Waals surface area contributed by atoms with Crippen molar-refractivity contribution < 1.29 is 135 Å². The molecule has 5 heterocycles. The summed E-state index contributed by atoms with van der Waals surface area (Å²) < 4.78 is 132. The first kappa shape index (κ1) is 73.1. The molecule has 0 radical (unpaired) electrons. The summed E-state index contributed by atoms with van der Waals surface area (Å²) in [5, 5.41) is 56.2. The van der Waals surface area contributed by atoms with Gasteiger partial charge in [-0.3, -0.25) is 0 Å². The molecule has 0 aromatic heterocycles. The van der Waals surface area contributed by atoms with Gasteiger partial charge in [-0.05, 0) is 22.3 Å². The molecule has 94 heavy (non-hydrogen) atoms. The fourth-order valence-corrected chi connectivity index (χ4v) is 12.5. The van der Waals surface area contributed by atoms with Crippen LogP contribution in [-0.2, 0) is 135 Å². The van der Waals surface area contributed by atoms with Gasteiger partial charge in [0.25, 0.3) is 0 Å². The van der Waals surface area contributed by atoms with E-state index < -0.39 is 179 Å². The van der Waals surface area contributed by atoms with Crippen molar-refractivity contribution in [2.24, 2.45) is 0 Å².